The van der Waals surface area contributed by atoms with Crippen molar-refractivity contribution < 1.29 is 9.15 Å². The van der Waals surface area contributed by atoms with E-state index in [0.29, 0.717) is 6.61 Å². The quantitative estimate of drug-likeness (QED) is 0.859. The smallest absolute Gasteiger partial charge is 0.125 e. The van der Waals surface area contributed by atoms with Crippen molar-refractivity contribution in [1.29, 1.82) is 0 Å². The molecule has 0 radical (unpaired) electrons. The number of nitrogens with one attached hydrogen (secondary N) is 1. The Labute approximate surface area is 101 Å². The number of furan rings is 1. The molecule has 1 heterocycles. The van der Waals surface area contributed by atoms with Crippen molar-refractivity contribution in [3.63, 3.8) is 0 Å². The third-order valence-corrected chi connectivity index (χ3v) is 2.64. The summed E-state index contributed by atoms with van der Waals surface area (Å²) in [5, 5.41) is 3.24. The highest BCUT2D eigenvalue weighted by Gasteiger charge is 2.14. The Kier molecular flexibility index (Phi) is 3.83. The predicted molar refractivity (Wildman–Crippen MR) is 67.2 cm³/mol. The first-order chi connectivity index (χ1) is 8.35. The van der Waals surface area contributed by atoms with Crippen LogP contribution in [0.5, 0.6) is 5.75 Å². The van der Waals surface area contributed by atoms with E-state index in [1.807, 2.05) is 38.2 Å². The molecule has 0 fully saturated rings. The molecule has 0 spiro atoms. The molecule has 1 aromatic heterocycles. The molecule has 3 heteroatoms. The Balaban J connectivity index is 2.20. The third kappa shape index (κ3) is 2.68. The Bertz CT molecular complexity index is 434. The molecule has 1 atom stereocenters. The summed E-state index contributed by atoms with van der Waals surface area (Å²) in [5.74, 6) is 1.81. The van der Waals surface area contributed by atoms with Gasteiger partial charge in [0, 0.05) is 0 Å². The van der Waals surface area contributed by atoms with Gasteiger partial charge in [0.15, 0.2) is 0 Å². The van der Waals surface area contributed by atoms with Gasteiger partial charge in [-0.2, -0.15) is 0 Å². The standard InChI is InChI=1S/C14H17NO2/c1-3-16-12-8-6-11(7-9-12)14(15-2)13-5-4-10-17-13/h4-10,14-15H,3H2,1-2H3. The zero-order valence-corrected chi connectivity index (χ0v) is 10.1. The van der Waals surface area contributed by atoms with E-state index in [-0.39, 0.29) is 6.04 Å². The first-order valence-electron chi connectivity index (χ1n) is 5.78. The fourth-order valence-electron chi connectivity index (χ4n) is 1.85. The molecular formula is C14H17NO2. The van der Waals surface area contributed by atoms with E-state index in [1.165, 1.54) is 0 Å². The van der Waals surface area contributed by atoms with E-state index in [9.17, 15) is 0 Å². The zero-order chi connectivity index (χ0) is 12.1. The number of benzene rings is 1. The lowest BCUT2D eigenvalue weighted by molar-refractivity contribution is 0.340. The first-order valence-corrected chi connectivity index (χ1v) is 5.78. The normalized spacial score (nSPS) is 12.4. The summed E-state index contributed by atoms with van der Waals surface area (Å²) < 4.78 is 10.8. The molecule has 1 unspecified atom stereocenters. The van der Waals surface area contributed by atoms with Gasteiger partial charge in [-0.25, -0.2) is 0 Å². The Morgan fingerprint density at radius 3 is 2.53 bits per heavy atom. The highest BCUT2D eigenvalue weighted by atomic mass is 16.5. The van der Waals surface area contributed by atoms with Crippen LogP contribution >= 0.6 is 0 Å². The average Bonchev–Trinajstić information content (AvgIpc) is 2.86. The number of hydrogen-bond donors (Lipinski definition) is 1. The van der Waals surface area contributed by atoms with Gasteiger partial charge in [0.1, 0.15) is 11.5 Å². The van der Waals surface area contributed by atoms with Crippen LogP contribution in [0.3, 0.4) is 0 Å². The molecule has 1 aromatic carbocycles. The fraction of sp³-hybridized carbons (Fsp3) is 0.286. The molecule has 0 saturated carbocycles. The van der Waals surface area contributed by atoms with Crippen molar-refractivity contribution in [2.24, 2.45) is 0 Å². The SMILES string of the molecule is CCOc1ccc(C(NC)c2ccco2)cc1. The first kappa shape index (κ1) is 11.7. The highest BCUT2D eigenvalue weighted by Crippen LogP contribution is 2.24. The van der Waals surface area contributed by atoms with Gasteiger partial charge in [-0.05, 0) is 43.8 Å². The summed E-state index contributed by atoms with van der Waals surface area (Å²) in [6, 6.07) is 12.0. The van der Waals surface area contributed by atoms with Gasteiger partial charge in [0.2, 0.25) is 0 Å². The van der Waals surface area contributed by atoms with Crippen molar-refractivity contribution >= 4 is 0 Å². The van der Waals surface area contributed by atoms with Crippen LogP contribution in [-0.2, 0) is 0 Å². The second-order valence-corrected chi connectivity index (χ2v) is 3.74. The van der Waals surface area contributed by atoms with Crippen molar-refractivity contribution in [3.8, 4) is 5.75 Å². The molecule has 0 bridgehead atoms. The van der Waals surface area contributed by atoms with Crippen LogP contribution < -0.4 is 10.1 Å². The molecule has 2 aromatic rings. The number of hydrogen-bond acceptors (Lipinski definition) is 3. The summed E-state index contributed by atoms with van der Waals surface area (Å²) in [6.45, 7) is 2.67. The molecule has 0 aliphatic rings. The second kappa shape index (κ2) is 5.55. The molecule has 3 nitrogen and oxygen atoms in total. The molecule has 90 valence electrons. The van der Waals surface area contributed by atoms with Crippen LogP contribution in [-0.4, -0.2) is 13.7 Å². The second-order valence-electron chi connectivity index (χ2n) is 3.74. The molecule has 0 aliphatic carbocycles. The van der Waals surface area contributed by atoms with E-state index in [2.05, 4.69) is 17.4 Å². The lowest BCUT2D eigenvalue weighted by Crippen LogP contribution is -2.16. The van der Waals surface area contributed by atoms with E-state index in [4.69, 9.17) is 9.15 Å². The van der Waals surface area contributed by atoms with E-state index < -0.39 is 0 Å². The van der Waals surface area contributed by atoms with Gasteiger partial charge >= 0.3 is 0 Å². The molecule has 0 aliphatic heterocycles. The van der Waals surface area contributed by atoms with Gasteiger partial charge in [0.05, 0.1) is 18.9 Å². The topological polar surface area (TPSA) is 34.4 Å². The molecule has 2 rings (SSSR count). The van der Waals surface area contributed by atoms with Crippen LogP contribution in [0.15, 0.2) is 47.1 Å². The van der Waals surface area contributed by atoms with Crippen LogP contribution in [0.1, 0.15) is 24.3 Å². The van der Waals surface area contributed by atoms with Crippen LogP contribution in [0.25, 0.3) is 0 Å². The van der Waals surface area contributed by atoms with Gasteiger partial charge in [0.25, 0.3) is 0 Å². The van der Waals surface area contributed by atoms with Gasteiger partial charge in [-0.1, -0.05) is 12.1 Å². The summed E-state index contributed by atoms with van der Waals surface area (Å²) in [5.41, 5.74) is 1.16. The van der Waals surface area contributed by atoms with Crippen LogP contribution in [0, 0.1) is 0 Å². The summed E-state index contributed by atoms with van der Waals surface area (Å²) in [6.07, 6.45) is 1.69. The zero-order valence-electron chi connectivity index (χ0n) is 10.1. The Hall–Kier alpha value is -1.74. The summed E-state index contributed by atoms with van der Waals surface area (Å²) in [7, 11) is 1.92. The molecule has 0 saturated heterocycles. The fourth-order valence-corrected chi connectivity index (χ4v) is 1.85. The van der Waals surface area contributed by atoms with E-state index in [1.54, 1.807) is 6.26 Å². The van der Waals surface area contributed by atoms with Gasteiger partial charge < -0.3 is 14.5 Å². The lowest BCUT2D eigenvalue weighted by atomic mass is 10.0. The molecule has 1 N–H and O–H groups in total. The average molecular weight is 231 g/mol. The van der Waals surface area contributed by atoms with Crippen molar-refractivity contribution in [3.05, 3.63) is 54.0 Å². The molecule has 0 amide bonds. The monoisotopic (exact) mass is 231 g/mol. The van der Waals surface area contributed by atoms with Crippen molar-refractivity contribution in [2.75, 3.05) is 13.7 Å². The van der Waals surface area contributed by atoms with E-state index >= 15 is 0 Å². The van der Waals surface area contributed by atoms with Gasteiger partial charge in [-0.3, -0.25) is 0 Å². The van der Waals surface area contributed by atoms with E-state index in [0.717, 1.165) is 17.1 Å². The van der Waals surface area contributed by atoms with Crippen LogP contribution in [0.4, 0.5) is 0 Å². The maximum Gasteiger partial charge on any atom is 0.125 e. The lowest BCUT2D eigenvalue weighted by Gasteiger charge is -2.14. The molecular weight excluding hydrogens is 214 g/mol. The highest BCUT2D eigenvalue weighted by molar-refractivity contribution is 5.32. The summed E-state index contributed by atoms with van der Waals surface area (Å²) in [4.78, 5) is 0. The minimum absolute atomic E-state index is 0.0840. The largest absolute Gasteiger partial charge is 0.494 e. The Morgan fingerprint density at radius 2 is 2.00 bits per heavy atom. The Morgan fingerprint density at radius 1 is 1.24 bits per heavy atom. The maximum atomic E-state index is 5.42. The number of ether oxygens (including phenoxy) is 1. The predicted octanol–water partition coefficient (Wildman–Crippen LogP) is 2.99. The maximum absolute atomic E-state index is 5.42. The van der Waals surface area contributed by atoms with Crippen LogP contribution in [0.2, 0.25) is 0 Å². The number of rotatable bonds is 5. The minimum Gasteiger partial charge on any atom is -0.494 e. The third-order valence-electron chi connectivity index (χ3n) is 2.64. The molecule has 17 heavy (non-hydrogen) atoms. The summed E-state index contributed by atoms with van der Waals surface area (Å²) >= 11 is 0. The van der Waals surface area contributed by atoms with Crippen molar-refractivity contribution in [2.45, 2.75) is 13.0 Å². The minimum atomic E-state index is 0.0840. The van der Waals surface area contributed by atoms with Gasteiger partial charge in [-0.15, -0.1) is 0 Å². The van der Waals surface area contributed by atoms with Crippen molar-refractivity contribution in [1.82, 2.24) is 5.32 Å².